The lowest BCUT2D eigenvalue weighted by Crippen LogP contribution is -2.62. The number of fused-ring (bicyclic) bond motifs is 2. The molecule has 0 saturated carbocycles. The Morgan fingerprint density at radius 3 is 1.05 bits per heavy atom. The van der Waals surface area contributed by atoms with Crippen LogP contribution in [0.4, 0.5) is 0 Å². The molecule has 3 aliphatic heterocycles. The monoisotopic (exact) mass is 1170 g/mol. The Kier molecular flexibility index (Phi) is 27.1. The number of nitrogens with one attached hydrogen (secondary N) is 8. The van der Waals surface area contributed by atoms with Crippen LogP contribution in [0.25, 0.3) is 0 Å². The SMILES string of the molecule is CC(C)C[C@@H]1NC(=O)[C@H](CCCCN)NC(=O)[C@H](C(C)C)NC(=O)[C@@H]2CCCN2C(=O)[C@@H](Cc2ccccc2)NC(=O)[C@H](CC(C)C)NC(=O)[C@@H](CCCCN)NC(=O)[C@H](C(C)C)NC(=O)[C@@H]2CCCN2C(=O)[C@@H](Cc2ccccc2)NC1=O. The minimum atomic E-state index is -1.21. The summed E-state index contributed by atoms with van der Waals surface area (Å²) < 4.78 is 0. The first kappa shape index (κ1) is 67.8. The molecule has 84 heavy (non-hydrogen) atoms. The highest BCUT2D eigenvalue weighted by Gasteiger charge is 2.43. The standard InChI is InChI=1S/C62H96N12O10/c1-37(2)33-45-55(77)69-47(35-41-21-11-9-12-22-41)61(83)73-31-19-27-49(73)57(79)72-52(40(7)8)60(82)66-44(26-16-18-30-64)54(76)68-46(34-38(3)4)56(78)70-48(36-42-23-13-10-14-24-42)62(84)74-32-20-28-50(74)58(80)71-51(39(5)6)59(81)65-43(53(75)67-45)25-15-17-29-63/h9-14,21-24,37-40,43-52H,15-20,25-36,63-64H2,1-8H3,(H,65,81)(H,66,82)(H,67,75)(H,68,76)(H,69,77)(H,70,78)(H,71,80)(H,72,79)/t43-,44+,45-,46-,47+,48+,49-,50-,51-,52-/m0/s1. The average molecular weight is 1170 g/mol. The van der Waals surface area contributed by atoms with Crippen LogP contribution in [0, 0.1) is 23.7 Å². The van der Waals surface area contributed by atoms with Gasteiger partial charge in [0.25, 0.3) is 0 Å². The van der Waals surface area contributed by atoms with E-state index in [1.54, 1.807) is 52.0 Å². The highest BCUT2D eigenvalue weighted by molar-refractivity contribution is 6.00. The lowest BCUT2D eigenvalue weighted by molar-refractivity contribution is -0.143. The molecule has 22 nitrogen and oxygen atoms in total. The van der Waals surface area contributed by atoms with Crippen LogP contribution in [-0.2, 0) is 60.8 Å². The van der Waals surface area contributed by atoms with Gasteiger partial charge in [0.05, 0.1) is 0 Å². The Balaban J connectivity index is 1.59. The van der Waals surface area contributed by atoms with Crippen molar-refractivity contribution in [1.29, 1.82) is 0 Å². The first-order chi connectivity index (χ1) is 40.0. The van der Waals surface area contributed by atoms with E-state index in [-0.39, 0.29) is 76.3 Å². The summed E-state index contributed by atoms with van der Waals surface area (Å²) in [5, 5.41) is 23.1. The molecule has 3 fully saturated rings. The first-order valence-corrected chi connectivity index (χ1v) is 30.5. The largest absolute Gasteiger partial charge is 0.343 e. The van der Waals surface area contributed by atoms with Gasteiger partial charge in [-0.2, -0.15) is 0 Å². The second-order valence-electron chi connectivity index (χ2n) is 24.4. The minimum absolute atomic E-state index is 0.0318. The normalized spacial score (nSPS) is 26.2. The first-order valence-electron chi connectivity index (χ1n) is 30.5. The minimum Gasteiger partial charge on any atom is -0.343 e. The Morgan fingerprint density at radius 1 is 0.405 bits per heavy atom. The van der Waals surface area contributed by atoms with Crippen molar-refractivity contribution in [1.82, 2.24) is 52.3 Å². The van der Waals surface area contributed by atoms with E-state index < -0.39 is 131 Å². The number of hydrogen-bond donors (Lipinski definition) is 10. The average Bonchev–Trinajstić information content (AvgIpc) is 4.29. The van der Waals surface area contributed by atoms with Crippen molar-refractivity contribution in [2.24, 2.45) is 35.1 Å². The van der Waals surface area contributed by atoms with Gasteiger partial charge in [0, 0.05) is 25.9 Å². The zero-order valence-electron chi connectivity index (χ0n) is 50.7. The van der Waals surface area contributed by atoms with Crippen molar-refractivity contribution in [3.8, 4) is 0 Å². The van der Waals surface area contributed by atoms with Gasteiger partial charge >= 0.3 is 0 Å². The maximum atomic E-state index is 15.0. The number of rotatable bonds is 18. The predicted molar refractivity (Wildman–Crippen MR) is 320 cm³/mol. The van der Waals surface area contributed by atoms with Gasteiger partial charge in [-0.15, -0.1) is 0 Å². The second-order valence-corrected chi connectivity index (χ2v) is 24.4. The van der Waals surface area contributed by atoms with Crippen LogP contribution < -0.4 is 54.0 Å². The van der Waals surface area contributed by atoms with Crippen LogP contribution in [-0.4, -0.2) is 155 Å². The molecule has 0 aromatic heterocycles. The van der Waals surface area contributed by atoms with Gasteiger partial charge in [0.15, 0.2) is 0 Å². The predicted octanol–water partition coefficient (Wildman–Crippen LogP) is 2.01. The van der Waals surface area contributed by atoms with E-state index in [0.29, 0.717) is 62.7 Å². The number of amides is 10. The number of nitrogens with zero attached hydrogens (tertiary/aromatic N) is 2. The summed E-state index contributed by atoms with van der Waals surface area (Å²) in [6.45, 7) is 15.4. The van der Waals surface area contributed by atoms with E-state index in [4.69, 9.17) is 11.5 Å². The fourth-order valence-corrected chi connectivity index (χ4v) is 11.2. The number of nitrogens with two attached hydrogens (primary N) is 2. The lowest BCUT2D eigenvalue weighted by Gasteiger charge is -2.33. The fourth-order valence-electron chi connectivity index (χ4n) is 11.2. The van der Waals surface area contributed by atoms with Crippen LogP contribution in [0.15, 0.2) is 60.7 Å². The quantitative estimate of drug-likeness (QED) is 0.0959. The van der Waals surface area contributed by atoms with Crippen LogP contribution in [0.3, 0.4) is 0 Å². The highest BCUT2D eigenvalue weighted by Crippen LogP contribution is 2.24. The van der Waals surface area contributed by atoms with Gasteiger partial charge in [-0.3, -0.25) is 47.9 Å². The number of carbonyl (C=O) groups excluding carboxylic acids is 10. The number of benzene rings is 2. The van der Waals surface area contributed by atoms with Crippen LogP contribution in [0.5, 0.6) is 0 Å². The molecule has 2 aromatic rings. The Labute approximate surface area is 496 Å². The molecule has 10 atom stereocenters. The summed E-state index contributed by atoms with van der Waals surface area (Å²) in [5.41, 5.74) is 13.2. The van der Waals surface area contributed by atoms with Crippen LogP contribution >= 0.6 is 0 Å². The van der Waals surface area contributed by atoms with Crippen molar-refractivity contribution in [2.75, 3.05) is 26.2 Å². The van der Waals surface area contributed by atoms with E-state index in [1.807, 2.05) is 64.1 Å². The smallest absolute Gasteiger partial charge is 0.246 e. The summed E-state index contributed by atoms with van der Waals surface area (Å²) in [5.74, 6) is -7.61. The summed E-state index contributed by atoms with van der Waals surface area (Å²) in [7, 11) is 0. The van der Waals surface area contributed by atoms with E-state index in [0.717, 1.165) is 0 Å². The van der Waals surface area contributed by atoms with Crippen molar-refractivity contribution >= 4 is 59.1 Å². The van der Waals surface area contributed by atoms with Gasteiger partial charge in [0.2, 0.25) is 59.1 Å². The molecule has 0 unspecified atom stereocenters. The van der Waals surface area contributed by atoms with Crippen molar-refractivity contribution in [3.63, 3.8) is 0 Å². The van der Waals surface area contributed by atoms with E-state index in [2.05, 4.69) is 42.5 Å². The van der Waals surface area contributed by atoms with E-state index in [1.165, 1.54) is 9.80 Å². The maximum absolute atomic E-state index is 15.0. The summed E-state index contributed by atoms with van der Waals surface area (Å²) in [4.78, 5) is 149. The third kappa shape index (κ3) is 20.1. The van der Waals surface area contributed by atoms with Gasteiger partial charge in [0.1, 0.15) is 60.4 Å². The third-order valence-corrected chi connectivity index (χ3v) is 15.8. The van der Waals surface area contributed by atoms with Gasteiger partial charge in [-0.05, 0) is 125 Å². The molecule has 3 heterocycles. The van der Waals surface area contributed by atoms with Crippen LogP contribution in [0.1, 0.15) is 144 Å². The molecule has 0 spiro atoms. The zero-order chi connectivity index (χ0) is 61.6. The van der Waals surface area contributed by atoms with E-state index in [9.17, 15) is 47.9 Å². The summed E-state index contributed by atoms with van der Waals surface area (Å²) in [6.07, 6.45) is 3.88. The molecule has 22 heteroatoms. The molecular weight excluding hydrogens is 1070 g/mol. The van der Waals surface area contributed by atoms with Crippen molar-refractivity contribution in [2.45, 2.75) is 206 Å². The number of carbonyl (C=O) groups is 10. The van der Waals surface area contributed by atoms with Gasteiger partial charge in [-0.1, -0.05) is 116 Å². The maximum Gasteiger partial charge on any atom is 0.246 e. The van der Waals surface area contributed by atoms with Gasteiger partial charge in [-0.25, -0.2) is 0 Å². The molecule has 3 aliphatic rings. The van der Waals surface area contributed by atoms with Crippen molar-refractivity contribution in [3.05, 3.63) is 71.8 Å². The topological polar surface area (TPSA) is 325 Å². The third-order valence-electron chi connectivity index (χ3n) is 15.8. The molecule has 0 aliphatic carbocycles. The van der Waals surface area contributed by atoms with Crippen molar-refractivity contribution < 1.29 is 47.9 Å². The van der Waals surface area contributed by atoms with E-state index >= 15 is 0 Å². The molecule has 5 rings (SSSR count). The highest BCUT2D eigenvalue weighted by atomic mass is 16.2. The molecule has 2 aromatic carbocycles. The number of unbranched alkanes of at least 4 members (excludes halogenated alkanes) is 2. The second kappa shape index (κ2) is 33.5. The summed E-state index contributed by atoms with van der Waals surface area (Å²) in [6, 6.07) is 6.45. The van der Waals surface area contributed by atoms with Crippen LogP contribution in [0.2, 0.25) is 0 Å². The molecule has 3 saturated heterocycles. The molecule has 0 bridgehead atoms. The Bertz CT molecular complexity index is 2360. The van der Waals surface area contributed by atoms with Gasteiger partial charge < -0.3 is 63.8 Å². The fraction of sp³-hybridized carbons (Fsp3) is 0.645. The summed E-state index contributed by atoms with van der Waals surface area (Å²) >= 11 is 0. The Hall–Kier alpha value is -6.94. The number of hydrogen-bond acceptors (Lipinski definition) is 12. The molecular formula is C62H96N12O10. The molecule has 10 amide bonds. The lowest BCUT2D eigenvalue weighted by atomic mass is 9.98. The molecule has 12 N–H and O–H groups in total. The molecule has 464 valence electrons. The zero-order valence-corrected chi connectivity index (χ0v) is 50.7. The molecule has 0 radical (unpaired) electrons. The Morgan fingerprint density at radius 2 is 0.726 bits per heavy atom.